The Morgan fingerprint density at radius 3 is 2.83 bits per heavy atom. The Morgan fingerprint density at radius 2 is 2.22 bits per heavy atom. The van der Waals surface area contributed by atoms with Crippen molar-refractivity contribution in [3.8, 4) is 0 Å². The third-order valence-corrected chi connectivity index (χ3v) is 5.46. The molecule has 0 spiro atoms. The molecule has 0 aromatic heterocycles. The molecular weight excluding hydrogens is 323 g/mol. The Bertz CT molecular complexity index is 550. The largest absolute Gasteiger partial charge is 0.314 e. The number of hydrogen-bond acceptors (Lipinski definition) is 3. The lowest BCUT2D eigenvalue weighted by Gasteiger charge is -2.32. The third kappa shape index (κ3) is 2.59. The molecule has 1 N–H and O–H groups in total. The number of halogens is 2. The molecule has 0 radical (unpaired) electrons. The van der Waals surface area contributed by atoms with Gasteiger partial charge in [0, 0.05) is 30.1 Å². The molecular formula is C11H14BrFN2O2S. The summed E-state index contributed by atoms with van der Waals surface area (Å²) in [7, 11) is -3.76. The first-order chi connectivity index (χ1) is 8.43. The molecule has 1 atom stereocenters. The molecule has 4 nitrogen and oxygen atoms in total. The van der Waals surface area contributed by atoms with Crippen molar-refractivity contribution in [2.45, 2.75) is 17.9 Å². The van der Waals surface area contributed by atoms with E-state index in [1.54, 1.807) is 6.92 Å². The second kappa shape index (κ2) is 5.24. The van der Waals surface area contributed by atoms with E-state index in [9.17, 15) is 12.8 Å². The Morgan fingerprint density at radius 1 is 1.50 bits per heavy atom. The van der Waals surface area contributed by atoms with Crippen molar-refractivity contribution in [3.63, 3.8) is 0 Å². The number of benzene rings is 1. The number of rotatable bonds is 2. The second-order valence-corrected chi connectivity index (χ2v) is 7.02. The summed E-state index contributed by atoms with van der Waals surface area (Å²) in [6.45, 7) is 3.33. The van der Waals surface area contributed by atoms with Gasteiger partial charge < -0.3 is 5.32 Å². The van der Waals surface area contributed by atoms with Crippen LogP contribution in [0.1, 0.15) is 6.92 Å². The maximum absolute atomic E-state index is 13.8. The van der Waals surface area contributed by atoms with Gasteiger partial charge in [-0.25, -0.2) is 12.8 Å². The molecule has 1 heterocycles. The number of nitrogens with one attached hydrogen (secondary N) is 1. The van der Waals surface area contributed by atoms with Gasteiger partial charge in [0.25, 0.3) is 0 Å². The van der Waals surface area contributed by atoms with Crippen LogP contribution in [0.5, 0.6) is 0 Å². The number of piperazine rings is 1. The third-order valence-electron chi connectivity index (χ3n) is 2.92. The fourth-order valence-corrected chi connectivity index (χ4v) is 4.00. The van der Waals surface area contributed by atoms with Crippen LogP contribution >= 0.6 is 15.9 Å². The van der Waals surface area contributed by atoms with Crippen LogP contribution in [0.3, 0.4) is 0 Å². The Balaban J connectivity index is 2.41. The van der Waals surface area contributed by atoms with Crippen LogP contribution in [-0.2, 0) is 10.0 Å². The molecule has 1 saturated heterocycles. The van der Waals surface area contributed by atoms with Crippen LogP contribution in [0.15, 0.2) is 27.6 Å². The molecule has 2 rings (SSSR count). The number of nitrogens with zero attached hydrogens (tertiary/aromatic N) is 1. The molecule has 100 valence electrons. The maximum Gasteiger partial charge on any atom is 0.246 e. The predicted octanol–water partition coefficient (Wildman–Crippen LogP) is 1.57. The zero-order chi connectivity index (χ0) is 13.3. The average molecular weight is 337 g/mol. The van der Waals surface area contributed by atoms with E-state index in [-0.39, 0.29) is 10.9 Å². The minimum atomic E-state index is -3.76. The summed E-state index contributed by atoms with van der Waals surface area (Å²) in [5, 5.41) is 3.10. The molecule has 1 unspecified atom stereocenters. The average Bonchev–Trinajstić information content (AvgIpc) is 2.28. The van der Waals surface area contributed by atoms with E-state index >= 15 is 0 Å². The SMILES string of the molecule is CC1CNCCN1S(=O)(=O)c1ccc(Br)cc1F. The molecule has 1 aliphatic rings. The minimum Gasteiger partial charge on any atom is -0.314 e. The van der Waals surface area contributed by atoms with Gasteiger partial charge in [0.2, 0.25) is 10.0 Å². The zero-order valence-electron chi connectivity index (χ0n) is 9.86. The molecule has 0 aliphatic carbocycles. The fraction of sp³-hybridized carbons (Fsp3) is 0.455. The first-order valence-electron chi connectivity index (χ1n) is 5.60. The Hall–Kier alpha value is -0.500. The summed E-state index contributed by atoms with van der Waals surface area (Å²) in [6, 6.07) is 3.82. The summed E-state index contributed by atoms with van der Waals surface area (Å²) in [5.74, 6) is -0.727. The highest BCUT2D eigenvalue weighted by Gasteiger charge is 2.32. The van der Waals surface area contributed by atoms with E-state index in [1.807, 2.05) is 0 Å². The predicted molar refractivity (Wildman–Crippen MR) is 70.3 cm³/mol. The topological polar surface area (TPSA) is 49.4 Å². The monoisotopic (exact) mass is 336 g/mol. The van der Waals surface area contributed by atoms with Crippen molar-refractivity contribution in [1.82, 2.24) is 9.62 Å². The van der Waals surface area contributed by atoms with Gasteiger partial charge >= 0.3 is 0 Å². The van der Waals surface area contributed by atoms with E-state index < -0.39 is 15.8 Å². The molecule has 0 amide bonds. The summed E-state index contributed by atoms with van der Waals surface area (Å²) in [5.41, 5.74) is 0. The van der Waals surface area contributed by atoms with Crippen LogP contribution < -0.4 is 5.32 Å². The van der Waals surface area contributed by atoms with Gasteiger partial charge in [0.1, 0.15) is 10.7 Å². The van der Waals surface area contributed by atoms with Gasteiger partial charge in [0.15, 0.2) is 0 Å². The van der Waals surface area contributed by atoms with Gasteiger partial charge in [-0.3, -0.25) is 0 Å². The van der Waals surface area contributed by atoms with Crippen molar-refractivity contribution in [1.29, 1.82) is 0 Å². The molecule has 0 bridgehead atoms. The standard InChI is InChI=1S/C11H14BrFN2O2S/c1-8-7-14-4-5-15(8)18(16,17)11-3-2-9(12)6-10(11)13/h2-3,6,8,14H,4-5,7H2,1H3. The van der Waals surface area contributed by atoms with E-state index in [0.717, 1.165) is 0 Å². The maximum atomic E-state index is 13.8. The lowest BCUT2D eigenvalue weighted by molar-refractivity contribution is 0.283. The van der Waals surface area contributed by atoms with E-state index in [0.29, 0.717) is 24.1 Å². The molecule has 18 heavy (non-hydrogen) atoms. The van der Waals surface area contributed by atoms with E-state index in [2.05, 4.69) is 21.2 Å². The van der Waals surface area contributed by atoms with Crippen LogP contribution in [0.4, 0.5) is 4.39 Å². The highest BCUT2D eigenvalue weighted by atomic mass is 79.9. The van der Waals surface area contributed by atoms with Crippen molar-refractivity contribution in [2.24, 2.45) is 0 Å². The van der Waals surface area contributed by atoms with E-state index in [4.69, 9.17) is 0 Å². The lowest BCUT2D eigenvalue weighted by Crippen LogP contribution is -2.52. The number of sulfonamides is 1. The van der Waals surface area contributed by atoms with Gasteiger partial charge in [-0.05, 0) is 25.1 Å². The molecule has 1 aromatic carbocycles. The quantitative estimate of drug-likeness (QED) is 0.891. The van der Waals surface area contributed by atoms with Gasteiger partial charge in [-0.2, -0.15) is 4.31 Å². The number of hydrogen-bond donors (Lipinski definition) is 1. The van der Waals surface area contributed by atoms with E-state index in [1.165, 1.54) is 22.5 Å². The first-order valence-corrected chi connectivity index (χ1v) is 7.84. The van der Waals surface area contributed by atoms with Crippen molar-refractivity contribution in [3.05, 3.63) is 28.5 Å². The van der Waals surface area contributed by atoms with Crippen molar-refractivity contribution >= 4 is 26.0 Å². The van der Waals surface area contributed by atoms with Crippen LogP contribution in [0.25, 0.3) is 0 Å². The van der Waals surface area contributed by atoms with Gasteiger partial charge in [-0.15, -0.1) is 0 Å². The normalized spacial score (nSPS) is 22.1. The minimum absolute atomic E-state index is 0.174. The molecule has 1 aromatic rings. The van der Waals surface area contributed by atoms with Gasteiger partial charge in [0.05, 0.1) is 0 Å². The van der Waals surface area contributed by atoms with Crippen LogP contribution in [-0.4, -0.2) is 38.4 Å². The highest BCUT2D eigenvalue weighted by Crippen LogP contribution is 2.24. The molecule has 7 heteroatoms. The second-order valence-electron chi connectivity index (χ2n) is 4.24. The Kier molecular flexibility index (Phi) is 4.05. The highest BCUT2D eigenvalue weighted by molar-refractivity contribution is 9.10. The summed E-state index contributed by atoms with van der Waals surface area (Å²) in [6.07, 6.45) is 0. The smallest absolute Gasteiger partial charge is 0.246 e. The van der Waals surface area contributed by atoms with Crippen LogP contribution in [0.2, 0.25) is 0 Å². The Labute approximate surface area is 114 Å². The summed E-state index contributed by atoms with van der Waals surface area (Å²) >= 11 is 3.11. The van der Waals surface area contributed by atoms with Crippen LogP contribution in [0, 0.1) is 5.82 Å². The van der Waals surface area contributed by atoms with Crippen molar-refractivity contribution in [2.75, 3.05) is 19.6 Å². The van der Waals surface area contributed by atoms with Crippen molar-refractivity contribution < 1.29 is 12.8 Å². The van der Waals surface area contributed by atoms with Gasteiger partial charge in [-0.1, -0.05) is 15.9 Å². The molecule has 0 saturated carbocycles. The first kappa shape index (κ1) is 13.9. The zero-order valence-corrected chi connectivity index (χ0v) is 12.3. The summed E-state index contributed by atoms with van der Waals surface area (Å²) in [4.78, 5) is -0.264. The molecule has 1 fully saturated rings. The fourth-order valence-electron chi connectivity index (χ4n) is 1.99. The summed E-state index contributed by atoms with van der Waals surface area (Å²) < 4.78 is 40.4. The lowest BCUT2D eigenvalue weighted by atomic mass is 10.3. The molecule has 1 aliphatic heterocycles.